The quantitative estimate of drug-likeness (QED) is 0.918. The SMILES string of the molecule is O=C(O)c1cccc2c1ncn2CC1CCOCC1. The molecule has 0 atom stereocenters. The first kappa shape index (κ1) is 12.2. The summed E-state index contributed by atoms with van der Waals surface area (Å²) in [5.74, 6) is -0.346. The van der Waals surface area contributed by atoms with Gasteiger partial charge in [-0.25, -0.2) is 9.78 Å². The van der Waals surface area contributed by atoms with Crippen LogP contribution < -0.4 is 0 Å². The number of para-hydroxylation sites is 1. The van der Waals surface area contributed by atoms with Crippen LogP contribution in [0, 0.1) is 5.92 Å². The Morgan fingerprint density at radius 1 is 1.42 bits per heavy atom. The Bertz CT molecular complexity index is 600. The summed E-state index contributed by atoms with van der Waals surface area (Å²) in [6, 6.07) is 5.29. The number of hydrogen-bond acceptors (Lipinski definition) is 3. The van der Waals surface area contributed by atoms with Crippen LogP contribution in [0.4, 0.5) is 0 Å². The van der Waals surface area contributed by atoms with Gasteiger partial charge >= 0.3 is 5.97 Å². The Morgan fingerprint density at radius 2 is 2.21 bits per heavy atom. The molecule has 19 heavy (non-hydrogen) atoms. The fourth-order valence-electron chi connectivity index (χ4n) is 2.61. The molecule has 100 valence electrons. The highest BCUT2D eigenvalue weighted by atomic mass is 16.5. The van der Waals surface area contributed by atoms with Gasteiger partial charge in [-0.1, -0.05) is 6.07 Å². The molecule has 0 spiro atoms. The number of nitrogens with zero attached hydrogens (tertiary/aromatic N) is 2. The Kier molecular flexibility index (Phi) is 3.21. The van der Waals surface area contributed by atoms with Crippen LogP contribution in [-0.2, 0) is 11.3 Å². The van der Waals surface area contributed by atoms with Crippen molar-refractivity contribution in [1.29, 1.82) is 0 Å². The van der Waals surface area contributed by atoms with Crippen molar-refractivity contribution >= 4 is 17.0 Å². The molecule has 0 radical (unpaired) electrons. The van der Waals surface area contributed by atoms with E-state index >= 15 is 0 Å². The van der Waals surface area contributed by atoms with Gasteiger partial charge in [0.2, 0.25) is 0 Å². The number of rotatable bonds is 3. The van der Waals surface area contributed by atoms with Gasteiger partial charge in [0.15, 0.2) is 0 Å². The summed E-state index contributed by atoms with van der Waals surface area (Å²) in [6.07, 6.45) is 3.85. The smallest absolute Gasteiger partial charge is 0.337 e. The average molecular weight is 260 g/mol. The first-order chi connectivity index (χ1) is 9.25. The summed E-state index contributed by atoms with van der Waals surface area (Å²) in [5.41, 5.74) is 1.73. The summed E-state index contributed by atoms with van der Waals surface area (Å²) in [5, 5.41) is 9.15. The van der Waals surface area contributed by atoms with E-state index in [4.69, 9.17) is 9.84 Å². The van der Waals surface area contributed by atoms with Crippen molar-refractivity contribution < 1.29 is 14.6 Å². The van der Waals surface area contributed by atoms with Gasteiger partial charge in [-0.05, 0) is 30.9 Å². The molecule has 0 bridgehead atoms. The molecule has 1 aliphatic rings. The number of hydrogen-bond donors (Lipinski definition) is 1. The number of imidazole rings is 1. The standard InChI is InChI=1S/C14H16N2O3/c17-14(18)11-2-1-3-12-13(11)15-9-16(12)8-10-4-6-19-7-5-10/h1-3,9-10H,4-8H2,(H,17,18). The summed E-state index contributed by atoms with van der Waals surface area (Å²) in [6.45, 7) is 2.51. The van der Waals surface area contributed by atoms with E-state index in [0.29, 0.717) is 11.4 Å². The number of fused-ring (bicyclic) bond motifs is 1. The Hall–Kier alpha value is -1.88. The maximum atomic E-state index is 11.1. The number of benzene rings is 1. The minimum absolute atomic E-state index is 0.267. The highest BCUT2D eigenvalue weighted by Crippen LogP contribution is 2.22. The van der Waals surface area contributed by atoms with E-state index in [0.717, 1.165) is 38.1 Å². The summed E-state index contributed by atoms with van der Waals surface area (Å²) < 4.78 is 7.41. The van der Waals surface area contributed by atoms with Crippen LogP contribution in [0.2, 0.25) is 0 Å². The van der Waals surface area contributed by atoms with Crippen molar-refractivity contribution in [2.45, 2.75) is 19.4 Å². The third kappa shape index (κ3) is 2.33. The highest BCUT2D eigenvalue weighted by molar-refractivity contribution is 6.00. The van der Waals surface area contributed by atoms with Crippen molar-refractivity contribution in [3.8, 4) is 0 Å². The molecule has 1 saturated heterocycles. The van der Waals surface area contributed by atoms with Crippen molar-refractivity contribution in [3.63, 3.8) is 0 Å². The molecule has 5 nitrogen and oxygen atoms in total. The summed E-state index contributed by atoms with van der Waals surface area (Å²) >= 11 is 0. The molecule has 1 N–H and O–H groups in total. The molecule has 2 heterocycles. The fraction of sp³-hybridized carbons (Fsp3) is 0.429. The molecule has 1 fully saturated rings. The molecular weight excluding hydrogens is 244 g/mol. The molecule has 3 rings (SSSR count). The van der Waals surface area contributed by atoms with Gasteiger partial charge in [-0.2, -0.15) is 0 Å². The van der Waals surface area contributed by atoms with E-state index in [2.05, 4.69) is 9.55 Å². The van der Waals surface area contributed by atoms with E-state index in [1.807, 2.05) is 6.07 Å². The minimum Gasteiger partial charge on any atom is -0.478 e. The molecule has 1 aromatic heterocycles. The van der Waals surface area contributed by atoms with Gasteiger partial charge in [-0.3, -0.25) is 0 Å². The normalized spacial score (nSPS) is 16.8. The lowest BCUT2D eigenvalue weighted by molar-refractivity contribution is 0.0616. The maximum absolute atomic E-state index is 11.1. The second-order valence-electron chi connectivity index (χ2n) is 4.93. The zero-order chi connectivity index (χ0) is 13.2. The third-order valence-electron chi connectivity index (χ3n) is 3.68. The number of aromatic carboxylic acids is 1. The molecule has 0 unspecified atom stereocenters. The van der Waals surface area contributed by atoms with Crippen LogP contribution in [0.15, 0.2) is 24.5 Å². The highest BCUT2D eigenvalue weighted by Gasteiger charge is 2.17. The van der Waals surface area contributed by atoms with Gasteiger partial charge < -0.3 is 14.4 Å². The second-order valence-corrected chi connectivity index (χ2v) is 4.93. The van der Waals surface area contributed by atoms with E-state index < -0.39 is 5.97 Å². The monoisotopic (exact) mass is 260 g/mol. The third-order valence-corrected chi connectivity index (χ3v) is 3.68. The average Bonchev–Trinajstić information content (AvgIpc) is 2.83. The Labute approximate surface area is 110 Å². The van der Waals surface area contributed by atoms with Gasteiger partial charge in [0, 0.05) is 19.8 Å². The van der Waals surface area contributed by atoms with Gasteiger partial charge in [0.05, 0.1) is 17.4 Å². The number of ether oxygens (including phenoxy) is 1. The van der Waals surface area contributed by atoms with Gasteiger partial charge in [0.25, 0.3) is 0 Å². The lowest BCUT2D eigenvalue weighted by Crippen LogP contribution is -2.20. The molecule has 1 aromatic carbocycles. The van der Waals surface area contributed by atoms with Crippen molar-refractivity contribution in [1.82, 2.24) is 9.55 Å². The van der Waals surface area contributed by atoms with E-state index in [1.54, 1.807) is 18.5 Å². The molecule has 1 aliphatic heterocycles. The summed E-state index contributed by atoms with van der Waals surface area (Å²) in [7, 11) is 0. The van der Waals surface area contributed by atoms with Crippen LogP contribution in [0.25, 0.3) is 11.0 Å². The zero-order valence-corrected chi connectivity index (χ0v) is 10.6. The van der Waals surface area contributed by atoms with Gasteiger partial charge in [-0.15, -0.1) is 0 Å². The number of carboxylic acids is 1. The molecular formula is C14H16N2O3. The van der Waals surface area contributed by atoms with E-state index in [1.165, 1.54) is 0 Å². The van der Waals surface area contributed by atoms with Crippen molar-refractivity contribution in [2.75, 3.05) is 13.2 Å². The molecule has 0 saturated carbocycles. The molecule has 5 heteroatoms. The Morgan fingerprint density at radius 3 is 2.95 bits per heavy atom. The lowest BCUT2D eigenvalue weighted by Gasteiger charge is -2.22. The van der Waals surface area contributed by atoms with Crippen LogP contribution in [-0.4, -0.2) is 33.8 Å². The van der Waals surface area contributed by atoms with E-state index in [9.17, 15) is 4.79 Å². The fourth-order valence-corrected chi connectivity index (χ4v) is 2.61. The maximum Gasteiger partial charge on any atom is 0.337 e. The Balaban J connectivity index is 1.92. The van der Waals surface area contributed by atoms with Crippen molar-refractivity contribution in [3.05, 3.63) is 30.1 Å². The zero-order valence-electron chi connectivity index (χ0n) is 10.6. The summed E-state index contributed by atoms with van der Waals surface area (Å²) in [4.78, 5) is 15.4. The second kappa shape index (κ2) is 5.01. The lowest BCUT2D eigenvalue weighted by atomic mass is 10.0. The predicted molar refractivity (Wildman–Crippen MR) is 70.2 cm³/mol. The van der Waals surface area contributed by atoms with Crippen LogP contribution in [0.1, 0.15) is 23.2 Å². The molecule has 2 aromatic rings. The van der Waals surface area contributed by atoms with Crippen LogP contribution in [0.3, 0.4) is 0 Å². The topological polar surface area (TPSA) is 64.3 Å². The first-order valence-corrected chi connectivity index (χ1v) is 6.50. The van der Waals surface area contributed by atoms with Gasteiger partial charge in [0.1, 0.15) is 5.52 Å². The first-order valence-electron chi connectivity index (χ1n) is 6.50. The predicted octanol–water partition coefficient (Wildman–Crippen LogP) is 2.16. The van der Waals surface area contributed by atoms with Crippen LogP contribution >= 0.6 is 0 Å². The largest absolute Gasteiger partial charge is 0.478 e. The number of carboxylic acid groups (broad SMARTS) is 1. The molecule has 0 amide bonds. The number of aromatic nitrogens is 2. The van der Waals surface area contributed by atoms with Crippen molar-refractivity contribution in [2.24, 2.45) is 5.92 Å². The number of carbonyl (C=O) groups is 1. The minimum atomic E-state index is -0.929. The van der Waals surface area contributed by atoms with E-state index in [-0.39, 0.29) is 5.56 Å². The van der Waals surface area contributed by atoms with Crippen LogP contribution in [0.5, 0.6) is 0 Å². The molecule has 0 aliphatic carbocycles.